The maximum atomic E-state index is 6.28. The summed E-state index contributed by atoms with van der Waals surface area (Å²) in [5, 5.41) is 0. The van der Waals surface area contributed by atoms with E-state index in [0.717, 1.165) is 30.2 Å². The fourth-order valence-corrected chi connectivity index (χ4v) is 2.79. The molecule has 0 unspecified atom stereocenters. The van der Waals surface area contributed by atoms with Gasteiger partial charge < -0.3 is 15.4 Å². The molecule has 0 amide bonds. The molecule has 0 aromatic heterocycles. The van der Waals surface area contributed by atoms with Crippen molar-refractivity contribution in [3.63, 3.8) is 0 Å². The summed E-state index contributed by atoms with van der Waals surface area (Å²) in [6.07, 6.45) is 2.66. The van der Waals surface area contributed by atoms with E-state index in [0.29, 0.717) is 5.41 Å². The predicted molar refractivity (Wildman–Crippen MR) is 81.8 cm³/mol. The second-order valence-electron chi connectivity index (χ2n) is 6.54. The van der Waals surface area contributed by atoms with Crippen molar-refractivity contribution in [2.75, 3.05) is 23.7 Å². The van der Waals surface area contributed by atoms with Crippen LogP contribution in [-0.4, -0.2) is 19.2 Å². The van der Waals surface area contributed by atoms with Crippen molar-refractivity contribution in [1.29, 1.82) is 0 Å². The highest BCUT2D eigenvalue weighted by Gasteiger charge is 2.27. The summed E-state index contributed by atoms with van der Waals surface area (Å²) in [7, 11) is 0. The van der Waals surface area contributed by atoms with E-state index >= 15 is 0 Å². The molecule has 0 saturated carbocycles. The lowest BCUT2D eigenvalue weighted by Gasteiger charge is -2.40. The van der Waals surface area contributed by atoms with E-state index in [2.05, 4.69) is 24.8 Å². The number of benzene rings is 1. The van der Waals surface area contributed by atoms with Crippen LogP contribution in [0.25, 0.3) is 0 Å². The van der Waals surface area contributed by atoms with Crippen LogP contribution in [0.4, 0.5) is 11.4 Å². The van der Waals surface area contributed by atoms with Crippen LogP contribution in [0.3, 0.4) is 0 Å². The number of nitrogens with two attached hydrogens (primary N) is 1. The normalized spacial score (nSPS) is 18.7. The Morgan fingerprint density at radius 2 is 2.05 bits per heavy atom. The first-order chi connectivity index (χ1) is 8.89. The number of piperidine rings is 1. The Morgan fingerprint density at radius 1 is 1.32 bits per heavy atom. The Kier molecular flexibility index (Phi) is 3.93. The van der Waals surface area contributed by atoms with Crippen LogP contribution in [0.15, 0.2) is 18.2 Å². The minimum absolute atomic E-state index is 0.148. The molecule has 3 heteroatoms. The lowest BCUT2D eigenvalue weighted by atomic mass is 9.84. The lowest BCUT2D eigenvalue weighted by Crippen LogP contribution is -2.40. The van der Waals surface area contributed by atoms with Crippen molar-refractivity contribution in [2.45, 2.75) is 46.6 Å². The molecule has 1 aliphatic heterocycles. The summed E-state index contributed by atoms with van der Waals surface area (Å²) in [6.45, 7) is 10.8. The maximum absolute atomic E-state index is 6.28. The Bertz CT molecular complexity index is 440. The highest BCUT2D eigenvalue weighted by Crippen LogP contribution is 2.37. The molecule has 1 heterocycles. The summed E-state index contributed by atoms with van der Waals surface area (Å²) in [5.41, 5.74) is 8.53. The Morgan fingerprint density at radius 3 is 2.68 bits per heavy atom. The minimum Gasteiger partial charge on any atom is -0.489 e. The third-order valence-corrected chi connectivity index (χ3v) is 3.65. The molecule has 19 heavy (non-hydrogen) atoms. The number of hydrogen-bond acceptors (Lipinski definition) is 3. The van der Waals surface area contributed by atoms with Gasteiger partial charge in [0.05, 0.1) is 17.5 Å². The van der Waals surface area contributed by atoms with Gasteiger partial charge in [-0.05, 0) is 44.2 Å². The molecule has 1 aliphatic rings. The number of nitrogen functional groups attached to an aromatic ring is 1. The SMILES string of the molecule is CC(C)Oc1cccc(N2CCCC(C)(C)C2)c1N. The standard InChI is InChI=1S/C16H26N2O/c1-12(2)19-14-8-5-7-13(15(14)17)18-10-6-9-16(3,4)11-18/h5,7-8,12H,6,9-11,17H2,1-4H3. The second-order valence-corrected chi connectivity index (χ2v) is 6.54. The number of hydrogen-bond donors (Lipinski definition) is 1. The van der Waals surface area contributed by atoms with Crippen molar-refractivity contribution in [1.82, 2.24) is 0 Å². The molecule has 2 N–H and O–H groups in total. The van der Waals surface area contributed by atoms with Gasteiger partial charge in [0.25, 0.3) is 0 Å². The van der Waals surface area contributed by atoms with E-state index in [4.69, 9.17) is 10.5 Å². The summed E-state index contributed by atoms with van der Waals surface area (Å²) in [5.74, 6) is 0.802. The minimum atomic E-state index is 0.148. The van der Waals surface area contributed by atoms with Crippen molar-refractivity contribution < 1.29 is 4.74 Å². The summed E-state index contributed by atoms with van der Waals surface area (Å²) < 4.78 is 5.78. The van der Waals surface area contributed by atoms with Gasteiger partial charge in [-0.15, -0.1) is 0 Å². The number of rotatable bonds is 3. The van der Waals surface area contributed by atoms with Crippen LogP contribution >= 0.6 is 0 Å². The molecule has 1 fully saturated rings. The highest BCUT2D eigenvalue weighted by molar-refractivity contribution is 5.74. The molecular weight excluding hydrogens is 236 g/mol. The first-order valence-corrected chi connectivity index (χ1v) is 7.19. The molecule has 1 aromatic rings. The quantitative estimate of drug-likeness (QED) is 0.844. The van der Waals surface area contributed by atoms with Gasteiger partial charge in [-0.2, -0.15) is 0 Å². The molecule has 3 nitrogen and oxygen atoms in total. The second kappa shape index (κ2) is 5.32. The number of ether oxygens (including phenoxy) is 1. The van der Waals surface area contributed by atoms with Gasteiger partial charge in [0.1, 0.15) is 5.75 Å². The number of anilines is 2. The highest BCUT2D eigenvalue weighted by atomic mass is 16.5. The van der Waals surface area contributed by atoms with Gasteiger partial charge in [-0.1, -0.05) is 19.9 Å². The van der Waals surface area contributed by atoms with E-state index < -0.39 is 0 Å². The molecule has 1 saturated heterocycles. The Balaban J connectivity index is 2.24. The summed E-state index contributed by atoms with van der Waals surface area (Å²) in [6, 6.07) is 6.09. The number of nitrogens with zero attached hydrogens (tertiary/aromatic N) is 1. The van der Waals surface area contributed by atoms with E-state index in [1.165, 1.54) is 12.8 Å². The topological polar surface area (TPSA) is 38.5 Å². The average molecular weight is 262 g/mol. The third-order valence-electron chi connectivity index (χ3n) is 3.65. The van der Waals surface area contributed by atoms with Crippen molar-refractivity contribution in [2.24, 2.45) is 5.41 Å². The van der Waals surface area contributed by atoms with Crippen LogP contribution in [-0.2, 0) is 0 Å². The molecule has 0 spiro atoms. The smallest absolute Gasteiger partial charge is 0.144 e. The van der Waals surface area contributed by atoms with Crippen molar-refractivity contribution in [3.8, 4) is 5.75 Å². The number of para-hydroxylation sites is 1. The molecule has 0 bridgehead atoms. The maximum Gasteiger partial charge on any atom is 0.144 e. The zero-order valence-electron chi connectivity index (χ0n) is 12.6. The first kappa shape index (κ1) is 14.0. The zero-order valence-corrected chi connectivity index (χ0v) is 12.6. The fraction of sp³-hybridized carbons (Fsp3) is 0.625. The molecule has 0 aliphatic carbocycles. The van der Waals surface area contributed by atoms with Gasteiger partial charge in [0, 0.05) is 13.1 Å². The van der Waals surface area contributed by atoms with Gasteiger partial charge >= 0.3 is 0 Å². The third kappa shape index (κ3) is 3.34. The molecule has 1 aromatic carbocycles. The molecule has 0 radical (unpaired) electrons. The summed E-state index contributed by atoms with van der Waals surface area (Å²) in [4.78, 5) is 2.39. The molecule has 0 atom stereocenters. The zero-order chi connectivity index (χ0) is 14.0. The first-order valence-electron chi connectivity index (χ1n) is 7.19. The monoisotopic (exact) mass is 262 g/mol. The molecule has 106 valence electrons. The van der Waals surface area contributed by atoms with Crippen LogP contribution < -0.4 is 15.4 Å². The Labute approximate surface area is 116 Å². The van der Waals surface area contributed by atoms with Crippen molar-refractivity contribution in [3.05, 3.63) is 18.2 Å². The van der Waals surface area contributed by atoms with E-state index in [1.54, 1.807) is 0 Å². The Hall–Kier alpha value is -1.38. The van der Waals surface area contributed by atoms with Crippen LogP contribution in [0.5, 0.6) is 5.75 Å². The fourth-order valence-electron chi connectivity index (χ4n) is 2.79. The van der Waals surface area contributed by atoms with E-state index in [1.807, 2.05) is 26.0 Å². The van der Waals surface area contributed by atoms with Crippen molar-refractivity contribution >= 4 is 11.4 Å². The van der Waals surface area contributed by atoms with Gasteiger partial charge in [-0.25, -0.2) is 0 Å². The predicted octanol–water partition coefficient (Wildman–Crippen LogP) is 3.68. The largest absolute Gasteiger partial charge is 0.489 e. The van der Waals surface area contributed by atoms with Crippen LogP contribution in [0.2, 0.25) is 0 Å². The van der Waals surface area contributed by atoms with Crippen LogP contribution in [0, 0.1) is 5.41 Å². The van der Waals surface area contributed by atoms with E-state index in [9.17, 15) is 0 Å². The van der Waals surface area contributed by atoms with Gasteiger partial charge in [0.15, 0.2) is 0 Å². The lowest BCUT2D eigenvalue weighted by molar-refractivity contribution is 0.243. The van der Waals surface area contributed by atoms with E-state index in [-0.39, 0.29) is 6.10 Å². The van der Waals surface area contributed by atoms with Gasteiger partial charge in [-0.3, -0.25) is 0 Å². The van der Waals surface area contributed by atoms with Gasteiger partial charge in [0.2, 0.25) is 0 Å². The average Bonchev–Trinajstić information content (AvgIpc) is 2.30. The molecular formula is C16H26N2O. The summed E-state index contributed by atoms with van der Waals surface area (Å²) >= 11 is 0. The van der Waals surface area contributed by atoms with Crippen LogP contribution in [0.1, 0.15) is 40.5 Å². The molecule has 2 rings (SSSR count).